The second kappa shape index (κ2) is 6.03. The zero-order chi connectivity index (χ0) is 14.8. The molecular formula is C16H18N2OS2. The predicted molar refractivity (Wildman–Crippen MR) is 92.4 cm³/mol. The van der Waals surface area contributed by atoms with E-state index in [1.165, 1.54) is 10.4 Å². The Kier molecular flexibility index (Phi) is 4.12. The summed E-state index contributed by atoms with van der Waals surface area (Å²) in [4.78, 5) is 3.74. The van der Waals surface area contributed by atoms with Gasteiger partial charge in [0, 0.05) is 23.2 Å². The van der Waals surface area contributed by atoms with E-state index in [9.17, 15) is 0 Å². The first-order valence-corrected chi connectivity index (χ1v) is 8.26. The summed E-state index contributed by atoms with van der Waals surface area (Å²) in [5, 5.41) is 6.26. The summed E-state index contributed by atoms with van der Waals surface area (Å²) in [6.45, 7) is 3.18. The molecule has 2 aromatic rings. The Morgan fingerprint density at radius 1 is 1.43 bits per heavy atom. The van der Waals surface area contributed by atoms with Crippen LogP contribution in [0.3, 0.4) is 0 Å². The van der Waals surface area contributed by atoms with Crippen LogP contribution in [0.4, 0.5) is 5.69 Å². The van der Waals surface area contributed by atoms with Crippen molar-refractivity contribution in [2.45, 2.75) is 19.4 Å². The third-order valence-corrected chi connectivity index (χ3v) is 5.19. The van der Waals surface area contributed by atoms with Crippen molar-refractivity contribution in [1.82, 2.24) is 4.90 Å². The maximum absolute atomic E-state index is 5.59. The van der Waals surface area contributed by atoms with Gasteiger partial charge in [-0.2, -0.15) is 0 Å². The van der Waals surface area contributed by atoms with Gasteiger partial charge in [0.1, 0.15) is 5.75 Å². The van der Waals surface area contributed by atoms with Gasteiger partial charge in [0.2, 0.25) is 0 Å². The molecule has 0 saturated carbocycles. The predicted octanol–water partition coefficient (Wildman–Crippen LogP) is 4.07. The van der Waals surface area contributed by atoms with E-state index in [0.717, 1.165) is 29.5 Å². The normalized spacial score (nSPS) is 17.2. The Morgan fingerprint density at radius 2 is 2.29 bits per heavy atom. The summed E-state index contributed by atoms with van der Waals surface area (Å²) in [6, 6.07) is 10.4. The number of benzene rings is 1. The molecule has 0 bridgehead atoms. The van der Waals surface area contributed by atoms with Crippen molar-refractivity contribution < 1.29 is 4.74 Å². The number of nitrogens with zero attached hydrogens (tertiary/aromatic N) is 1. The summed E-state index contributed by atoms with van der Waals surface area (Å²) < 4.78 is 5.24. The highest BCUT2D eigenvalue weighted by Crippen LogP contribution is 2.33. The molecule has 2 heterocycles. The Balaban J connectivity index is 1.74. The number of nitrogens with one attached hydrogen (secondary N) is 1. The van der Waals surface area contributed by atoms with Gasteiger partial charge < -0.3 is 15.0 Å². The average Bonchev–Trinajstić information content (AvgIpc) is 2.97. The van der Waals surface area contributed by atoms with Crippen LogP contribution in [-0.2, 0) is 6.42 Å². The van der Waals surface area contributed by atoms with Crippen LogP contribution >= 0.6 is 23.6 Å². The first kappa shape index (κ1) is 14.4. The molecule has 0 amide bonds. The smallest absolute Gasteiger partial charge is 0.173 e. The molecule has 0 spiro atoms. The summed E-state index contributed by atoms with van der Waals surface area (Å²) in [5.74, 6) is 0.828. The SMILES string of the molecule is COc1cccc(NC(=S)N2CCc3sccc3[C@@H]2C)c1. The van der Waals surface area contributed by atoms with Crippen molar-refractivity contribution >= 4 is 34.4 Å². The highest BCUT2D eigenvalue weighted by atomic mass is 32.1. The van der Waals surface area contributed by atoms with E-state index in [1.54, 1.807) is 7.11 Å². The average molecular weight is 318 g/mol. The molecule has 21 heavy (non-hydrogen) atoms. The minimum Gasteiger partial charge on any atom is -0.497 e. The quantitative estimate of drug-likeness (QED) is 0.844. The molecule has 3 nitrogen and oxygen atoms in total. The number of hydrogen-bond acceptors (Lipinski definition) is 3. The van der Waals surface area contributed by atoms with Crippen LogP contribution in [0.5, 0.6) is 5.75 Å². The number of methoxy groups -OCH3 is 1. The van der Waals surface area contributed by atoms with E-state index < -0.39 is 0 Å². The van der Waals surface area contributed by atoms with Gasteiger partial charge in [0.05, 0.1) is 13.2 Å². The Bertz CT molecular complexity index is 653. The molecule has 3 rings (SSSR count). The molecule has 0 aliphatic carbocycles. The summed E-state index contributed by atoms with van der Waals surface area (Å²) >= 11 is 7.44. The van der Waals surface area contributed by atoms with Gasteiger partial charge >= 0.3 is 0 Å². The van der Waals surface area contributed by atoms with E-state index in [-0.39, 0.29) is 0 Å². The number of rotatable bonds is 2. The zero-order valence-corrected chi connectivity index (χ0v) is 13.8. The molecule has 1 N–H and O–H groups in total. The third-order valence-electron chi connectivity index (χ3n) is 3.86. The molecule has 1 atom stereocenters. The molecule has 1 aliphatic heterocycles. The van der Waals surface area contributed by atoms with E-state index in [4.69, 9.17) is 17.0 Å². The lowest BCUT2D eigenvalue weighted by molar-refractivity contribution is 0.326. The van der Waals surface area contributed by atoms with Gasteiger partial charge in [-0.1, -0.05) is 6.07 Å². The molecule has 0 saturated heterocycles. The van der Waals surface area contributed by atoms with E-state index in [0.29, 0.717) is 6.04 Å². The lowest BCUT2D eigenvalue weighted by Crippen LogP contribution is -2.40. The summed E-state index contributed by atoms with van der Waals surface area (Å²) in [6.07, 6.45) is 1.07. The zero-order valence-electron chi connectivity index (χ0n) is 12.1. The van der Waals surface area contributed by atoms with E-state index in [2.05, 4.69) is 28.6 Å². The molecule has 1 aromatic carbocycles. The van der Waals surface area contributed by atoms with Gasteiger partial charge in [0.25, 0.3) is 0 Å². The van der Waals surface area contributed by atoms with Crippen molar-refractivity contribution in [3.63, 3.8) is 0 Å². The highest BCUT2D eigenvalue weighted by molar-refractivity contribution is 7.80. The largest absolute Gasteiger partial charge is 0.497 e. The van der Waals surface area contributed by atoms with Crippen LogP contribution in [0, 0.1) is 0 Å². The van der Waals surface area contributed by atoms with Crippen molar-refractivity contribution in [3.8, 4) is 5.75 Å². The Morgan fingerprint density at radius 3 is 3.10 bits per heavy atom. The van der Waals surface area contributed by atoms with Crippen LogP contribution in [-0.4, -0.2) is 23.7 Å². The van der Waals surface area contributed by atoms with E-state index in [1.807, 2.05) is 35.6 Å². The summed E-state index contributed by atoms with van der Waals surface area (Å²) in [5.41, 5.74) is 2.36. The monoisotopic (exact) mass is 318 g/mol. The van der Waals surface area contributed by atoms with Crippen LogP contribution in [0.25, 0.3) is 0 Å². The van der Waals surface area contributed by atoms with Gasteiger partial charge in [-0.25, -0.2) is 0 Å². The van der Waals surface area contributed by atoms with Gasteiger partial charge in [-0.05, 0) is 54.7 Å². The number of anilines is 1. The van der Waals surface area contributed by atoms with Crippen molar-refractivity contribution in [2.24, 2.45) is 0 Å². The number of hydrogen-bond donors (Lipinski definition) is 1. The molecule has 1 aliphatic rings. The second-order valence-electron chi connectivity index (χ2n) is 5.08. The maximum atomic E-state index is 5.59. The first-order chi connectivity index (χ1) is 10.2. The topological polar surface area (TPSA) is 24.5 Å². The van der Waals surface area contributed by atoms with Crippen LogP contribution in [0.2, 0.25) is 0 Å². The number of thiocarbonyl (C=S) groups is 1. The highest BCUT2D eigenvalue weighted by Gasteiger charge is 2.26. The molecule has 0 fully saturated rings. The minimum absolute atomic E-state index is 0.325. The number of fused-ring (bicyclic) bond motifs is 1. The van der Waals surface area contributed by atoms with E-state index >= 15 is 0 Å². The molecular weight excluding hydrogens is 300 g/mol. The maximum Gasteiger partial charge on any atom is 0.173 e. The number of thiophene rings is 1. The molecule has 1 aromatic heterocycles. The fourth-order valence-corrected chi connectivity index (χ4v) is 4.01. The fourth-order valence-electron chi connectivity index (χ4n) is 2.68. The summed E-state index contributed by atoms with van der Waals surface area (Å²) in [7, 11) is 1.67. The van der Waals surface area contributed by atoms with Crippen molar-refractivity contribution in [1.29, 1.82) is 0 Å². The van der Waals surface area contributed by atoms with Gasteiger partial charge in [0.15, 0.2) is 5.11 Å². The molecule has 0 radical (unpaired) electrons. The van der Waals surface area contributed by atoms with Crippen LogP contribution < -0.4 is 10.1 Å². The first-order valence-electron chi connectivity index (χ1n) is 6.97. The molecule has 0 unspecified atom stereocenters. The Hall–Kier alpha value is -1.59. The minimum atomic E-state index is 0.325. The van der Waals surface area contributed by atoms with Crippen LogP contribution in [0.1, 0.15) is 23.4 Å². The van der Waals surface area contributed by atoms with Gasteiger partial charge in [-0.15, -0.1) is 11.3 Å². The van der Waals surface area contributed by atoms with Crippen molar-refractivity contribution in [3.05, 3.63) is 46.2 Å². The fraction of sp³-hybridized carbons (Fsp3) is 0.312. The van der Waals surface area contributed by atoms with Crippen molar-refractivity contribution in [2.75, 3.05) is 19.0 Å². The molecule has 5 heteroatoms. The lowest BCUT2D eigenvalue weighted by Gasteiger charge is -2.35. The molecule has 110 valence electrons. The van der Waals surface area contributed by atoms with Crippen LogP contribution in [0.15, 0.2) is 35.7 Å². The Labute approximate surface area is 134 Å². The standard InChI is InChI=1S/C16H18N2OS2/c1-11-14-7-9-21-15(14)6-8-18(11)16(20)17-12-4-3-5-13(10-12)19-2/h3-5,7,9-11H,6,8H2,1-2H3,(H,17,20)/t11-/m0/s1. The third kappa shape index (κ3) is 2.89. The van der Waals surface area contributed by atoms with Gasteiger partial charge in [-0.3, -0.25) is 0 Å². The lowest BCUT2D eigenvalue weighted by atomic mass is 10.0. The number of ether oxygens (including phenoxy) is 1. The second-order valence-corrected chi connectivity index (χ2v) is 6.47.